The second-order valence-electron chi connectivity index (χ2n) is 2.15. The Labute approximate surface area is 81.5 Å². The average Bonchev–Trinajstić information content (AvgIpc) is 2.18. The molecule has 0 radical (unpaired) electrons. The van der Waals surface area contributed by atoms with E-state index in [1.54, 1.807) is 20.2 Å². The molecule has 0 saturated carbocycles. The minimum atomic E-state index is 0.497. The van der Waals surface area contributed by atoms with Crippen molar-refractivity contribution in [3.05, 3.63) is 12.4 Å². The SMILES string of the molecule is CNC(=S)Nc1cc(OC)ncn1. The van der Waals surface area contributed by atoms with Crippen LogP contribution in [-0.4, -0.2) is 29.2 Å². The number of hydrogen-bond acceptors (Lipinski definition) is 4. The maximum atomic E-state index is 4.92. The second-order valence-corrected chi connectivity index (χ2v) is 2.56. The van der Waals surface area contributed by atoms with Crippen LogP contribution in [0.5, 0.6) is 5.88 Å². The topological polar surface area (TPSA) is 59.1 Å². The summed E-state index contributed by atoms with van der Waals surface area (Å²) in [5, 5.41) is 6.13. The highest BCUT2D eigenvalue weighted by Crippen LogP contribution is 2.09. The summed E-state index contributed by atoms with van der Waals surface area (Å²) < 4.78 is 4.92. The van der Waals surface area contributed by atoms with Crippen molar-refractivity contribution in [2.45, 2.75) is 0 Å². The van der Waals surface area contributed by atoms with Crippen molar-refractivity contribution >= 4 is 23.1 Å². The lowest BCUT2D eigenvalue weighted by molar-refractivity contribution is 0.397. The van der Waals surface area contributed by atoms with Crippen molar-refractivity contribution in [2.24, 2.45) is 0 Å². The molecule has 1 rings (SSSR count). The summed E-state index contributed by atoms with van der Waals surface area (Å²) >= 11 is 4.89. The van der Waals surface area contributed by atoms with Crippen molar-refractivity contribution in [3.63, 3.8) is 0 Å². The molecule has 0 aliphatic carbocycles. The van der Waals surface area contributed by atoms with Gasteiger partial charge in [0.15, 0.2) is 5.11 Å². The van der Waals surface area contributed by atoms with E-state index in [1.165, 1.54) is 6.33 Å². The van der Waals surface area contributed by atoms with Crippen LogP contribution in [0, 0.1) is 0 Å². The van der Waals surface area contributed by atoms with E-state index >= 15 is 0 Å². The summed E-state index contributed by atoms with van der Waals surface area (Å²) in [6.45, 7) is 0. The molecule has 2 N–H and O–H groups in total. The number of ether oxygens (including phenoxy) is 1. The van der Waals surface area contributed by atoms with Crippen molar-refractivity contribution in [2.75, 3.05) is 19.5 Å². The molecule has 0 aliphatic heterocycles. The monoisotopic (exact) mass is 198 g/mol. The first-order chi connectivity index (χ1) is 6.26. The minimum Gasteiger partial charge on any atom is -0.481 e. The standard InChI is InChI=1S/C7H10N4OS/c1-8-7(13)11-5-3-6(12-2)10-4-9-5/h3-4H,1-2H3,(H2,8,9,10,11,13). The van der Waals surface area contributed by atoms with Gasteiger partial charge in [0.2, 0.25) is 5.88 Å². The Morgan fingerprint density at radius 1 is 1.54 bits per heavy atom. The summed E-state index contributed by atoms with van der Waals surface area (Å²) in [5.74, 6) is 1.10. The number of nitrogens with one attached hydrogen (secondary N) is 2. The molecule has 1 aromatic rings. The lowest BCUT2D eigenvalue weighted by Gasteiger charge is -2.05. The predicted octanol–water partition coefficient (Wildman–Crippen LogP) is 0.401. The van der Waals surface area contributed by atoms with Gasteiger partial charge in [-0.1, -0.05) is 0 Å². The maximum Gasteiger partial charge on any atom is 0.218 e. The van der Waals surface area contributed by atoms with Crippen molar-refractivity contribution < 1.29 is 4.74 Å². The third-order valence-corrected chi connectivity index (χ3v) is 1.63. The highest BCUT2D eigenvalue weighted by Gasteiger charge is 1.98. The number of anilines is 1. The fraction of sp³-hybridized carbons (Fsp3) is 0.286. The smallest absolute Gasteiger partial charge is 0.218 e. The number of nitrogens with zero attached hydrogens (tertiary/aromatic N) is 2. The molecule has 0 atom stereocenters. The number of methoxy groups -OCH3 is 1. The molecule has 1 heterocycles. The molecule has 0 bridgehead atoms. The van der Waals surface area contributed by atoms with Crippen molar-refractivity contribution in [1.82, 2.24) is 15.3 Å². The lowest BCUT2D eigenvalue weighted by atomic mass is 10.5. The minimum absolute atomic E-state index is 0.497. The maximum absolute atomic E-state index is 4.92. The molecule has 0 saturated heterocycles. The van der Waals surface area contributed by atoms with E-state index in [0.29, 0.717) is 16.8 Å². The van der Waals surface area contributed by atoms with E-state index in [2.05, 4.69) is 20.6 Å². The van der Waals surface area contributed by atoms with Crippen molar-refractivity contribution in [3.8, 4) is 5.88 Å². The molecule has 0 spiro atoms. The molecular weight excluding hydrogens is 188 g/mol. The van der Waals surface area contributed by atoms with Crippen LogP contribution in [0.15, 0.2) is 12.4 Å². The molecule has 5 nitrogen and oxygen atoms in total. The summed E-state index contributed by atoms with van der Waals surface area (Å²) in [7, 11) is 3.27. The molecule has 1 aromatic heterocycles. The fourth-order valence-electron chi connectivity index (χ4n) is 0.698. The number of hydrogen-bond donors (Lipinski definition) is 2. The zero-order valence-electron chi connectivity index (χ0n) is 7.37. The Morgan fingerprint density at radius 3 is 2.92 bits per heavy atom. The van der Waals surface area contributed by atoms with Gasteiger partial charge < -0.3 is 15.4 Å². The predicted molar refractivity (Wildman–Crippen MR) is 53.9 cm³/mol. The van der Waals surface area contributed by atoms with Crippen LogP contribution in [0.1, 0.15) is 0 Å². The van der Waals surface area contributed by atoms with Crippen LogP contribution in [-0.2, 0) is 0 Å². The lowest BCUT2D eigenvalue weighted by Crippen LogP contribution is -2.24. The third kappa shape index (κ3) is 2.83. The van der Waals surface area contributed by atoms with Crippen LogP contribution >= 0.6 is 12.2 Å². The Bertz CT molecular complexity index is 304. The van der Waals surface area contributed by atoms with E-state index in [9.17, 15) is 0 Å². The van der Waals surface area contributed by atoms with Gasteiger partial charge in [-0.15, -0.1) is 0 Å². The van der Waals surface area contributed by atoms with Crippen LogP contribution < -0.4 is 15.4 Å². The third-order valence-electron chi connectivity index (χ3n) is 1.32. The highest BCUT2D eigenvalue weighted by atomic mass is 32.1. The van der Waals surface area contributed by atoms with Crippen LogP contribution in [0.4, 0.5) is 5.82 Å². The molecule has 70 valence electrons. The van der Waals surface area contributed by atoms with E-state index in [1.807, 2.05) is 0 Å². The summed E-state index contributed by atoms with van der Waals surface area (Å²) in [6.07, 6.45) is 1.40. The quantitative estimate of drug-likeness (QED) is 0.671. The molecule has 0 aromatic carbocycles. The molecule has 13 heavy (non-hydrogen) atoms. The average molecular weight is 198 g/mol. The molecular formula is C7H10N4OS. The number of aromatic nitrogens is 2. The van der Waals surface area contributed by atoms with Gasteiger partial charge in [0.25, 0.3) is 0 Å². The van der Waals surface area contributed by atoms with E-state index in [4.69, 9.17) is 17.0 Å². The van der Waals surface area contributed by atoms with E-state index < -0.39 is 0 Å². The fourth-order valence-corrected chi connectivity index (χ4v) is 0.803. The second kappa shape index (κ2) is 4.56. The molecule has 0 aliphatic rings. The first-order valence-corrected chi connectivity index (χ1v) is 4.02. The molecule has 6 heteroatoms. The Balaban J connectivity index is 2.71. The number of thiocarbonyl (C=S) groups is 1. The number of rotatable bonds is 2. The summed E-state index contributed by atoms with van der Waals surface area (Å²) in [5.41, 5.74) is 0. The molecule has 0 amide bonds. The summed E-state index contributed by atoms with van der Waals surface area (Å²) in [4.78, 5) is 7.80. The van der Waals surface area contributed by atoms with Crippen LogP contribution in [0.2, 0.25) is 0 Å². The van der Waals surface area contributed by atoms with Gasteiger partial charge in [0.05, 0.1) is 7.11 Å². The van der Waals surface area contributed by atoms with Gasteiger partial charge in [-0.05, 0) is 12.2 Å². The Morgan fingerprint density at radius 2 is 2.31 bits per heavy atom. The van der Waals surface area contributed by atoms with Gasteiger partial charge in [0, 0.05) is 13.1 Å². The van der Waals surface area contributed by atoms with E-state index in [-0.39, 0.29) is 0 Å². The van der Waals surface area contributed by atoms with Gasteiger partial charge in [-0.25, -0.2) is 9.97 Å². The van der Waals surface area contributed by atoms with Gasteiger partial charge >= 0.3 is 0 Å². The Kier molecular flexibility index (Phi) is 3.39. The van der Waals surface area contributed by atoms with Crippen LogP contribution in [0.25, 0.3) is 0 Å². The first kappa shape index (κ1) is 9.66. The highest BCUT2D eigenvalue weighted by molar-refractivity contribution is 7.80. The largest absolute Gasteiger partial charge is 0.481 e. The van der Waals surface area contributed by atoms with Gasteiger partial charge in [-0.2, -0.15) is 0 Å². The van der Waals surface area contributed by atoms with E-state index in [0.717, 1.165) is 0 Å². The first-order valence-electron chi connectivity index (χ1n) is 3.61. The zero-order valence-corrected chi connectivity index (χ0v) is 8.18. The Hall–Kier alpha value is -1.43. The van der Waals surface area contributed by atoms with Gasteiger partial charge in [0.1, 0.15) is 12.1 Å². The van der Waals surface area contributed by atoms with Crippen molar-refractivity contribution in [1.29, 1.82) is 0 Å². The molecule has 0 fully saturated rings. The normalized spacial score (nSPS) is 9.08. The zero-order chi connectivity index (χ0) is 9.68. The van der Waals surface area contributed by atoms with Gasteiger partial charge in [-0.3, -0.25) is 0 Å². The summed E-state index contributed by atoms with van der Waals surface area (Å²) in [6, 6.07) is 1.66. The van der Waals surface area contributed by atoms with Crippen LogP contribution in [0.3, 0.4) is 0 Å². The molecule has 0 unspecified atom stereocenters.